The molecule has 8 nitrogen and oxygen atoms in total. The van der Waals surface area contributed by atoms with Crippen molar-refractivity contribution in [1.82, 2.24) is 0 Å². The Morgan fingerprint density at radius 1 is 0.385 bits per heavy atom. The lowest BCUT2D eigenvalue weighted by Gasteiger charge is -2.33. The molecular weight excluding hydrogens is 694 g/mol. The molecule has 0 saturated carbocycles. The van der Waals surface area contributed by atoms with Crippen LogP contribution in [0.5, 0.6) is 11.5 Å². The van der Waals surface area contributed by atoms with E-state index in [-0.39, 0.29) is 35.2 Å². The van der Waals surface area contributed by atoms with Crippen LogP contribution >= 0.6 is 15.6 Å². The summed E-state index contributed by atoms with van der Waals surface area (Å²) in [7, 11) is -10.1. The molecule has 8 aliphatic rings. The van der Waals surface area contributed by atoms with Crippen LogP contribution in [0.2, 0.25) is 0 Å². The zero-order valence-electron chi connectivity index (χ0n) is 27.7. The second-order valence-electron chi connectivity index (χ2n) is 16.3. The summed E-state index contributed by atoms with van der Waals surface area (Å²) in [6, 6.07) is 26.6. The first kappa shape index (κ1) is 29.5. The molecule has 0 spiro atoms. The average Bonchev–Trinajstić information content (AvgIpc) is 3.98. The molecule has 0 aliphatic heterocycles. The highest BCUT2D eigenvalue weighted by Gasteiger charge is 2.56. The Labute approximate surface area is 298 Å². The van der Waals surface area contributed by atoms with Gasteiger partial charge in [0, 0.05) is 69.6 Å². The lowest BCUT2D eigenvalue weighted by atomic mass is 9.74. The highest BCUT2D eigenvalue weighted by Crippen LogP contribution is 2.73. The van der Waals surface area contributed by atoms with E-state index in [4.69, 9.17) is 9.05 Å². The van der Waals surface area contributed by atoms with E-state index >= 15 is 0 Å². The fourth-order valence-corrected chi connectivity index (χ4v) is 13.7. The second-order valence-corrected chi connectivity index (χ2v) is 18.6. The molecule has 0 amide bonds. The topological polar surface area (TPSA) is 134 Å². The van der Waals surface area contributed by atoms with Gasteiger partial charge in [0.25, 0.3) is 0 Å². The molecule has 5 aromatic rings. The first-order chi connectivity index (χ1) is 25.0. The van der Waals surface area contributed by atoms with E-state index in [2.05, 4.69) is 72.8 Å². The number of rotatable bonds is 4. The van der Waals surface area contributed by atoms with Crippen molar-refractivity contribution in [1.29, 1.82) is 0 Å². The van der Waals surface area contributed by atoms with E-state index in [0.29, 0.717) is 58.8 Å². The third-order valence-corrected chi connectivity index (χ3v) is 15.2. The van der Waals surface area contributed by atoms with Crippen molar-refractivity contribution >= 4 is 15.6 Å². The Bertz CT molecular complexity index is 2340. The third kappa shape index (κ3) is 3.46. The molecule has 4 N–H and O–H groups in total. The zero-order valence-corrected chi connectivity index (χ0v) is 29.5. The van der Waals surface area contributed by atoms with Crippen molar-refractivity contribution < 1.29 is 37.8 Å². The van der Waals surface area contributed by atoms with Crippen molar-refractivity contribution in [3.05, 3.63) is 162 Å². The number of hydrogen-bond donors (Lipinski definition) is 4. The van der Waals surface area contributed by atoms with Crippen LogP contribution in [0.1, 0.15) is 162 Å². The Hall–Kier alpha value is -4.00. The molecule has 258 valence electrons. The molecule has 8 atom stereocenters. The van der Waals surface area contributed by atoms with Crippen molar-refractivity contribution in [3.8, 4) is 11.5 Å². The molecule has 52 heavy (non-hydrogen) atoms. The Balaban J connectivity index is 1.03. The van der Waals surface area contributed by atoms with Crippen LogP contribution in [-0.4, -0.2) is 19.6 Å². The summed E-state index contributed by atoms with van der Waals surface area (Å²) in [5, 5.41) is 0. The predicted octanol–water partition coefficient (Wildman–Crippen LogP) is 8.55. The van der Waals surface area contributed by atoms with Crippen LogP contribution in [0.25, 0.3) is 0 Å². The van der Waals surface area contributed by atoms with Crippen LogP contribution < -0.4 is 9.05 Å². The fourth-order valence-electron chi connectivity index (χ4n) is 12.9. The standard InChI is InChI=1S/C42H32O8P2/c43-51(44,45)49-41-37-33-15-34(30-12-26-22-9-21(25(26)11-29(30)33)17-5-1-2-6-18(17)22)38(37)42(50-52(46,47)48)40-36-16-35(39(40)41)31-13-27-23-10-24(28(27)14-32(31)36)20-8-4-3-7-19(20)23/h1-8,11-14,21-24,33-36H,9-10,15-16H2,(H2,43,44,45)(H2,46,47,48)/t21-,22?,23+,24?,33-,34?,35+,36?. The summed E-state index contributed by atoms with van der Waals surface area (Å²) in [4.78, 5) is 41.7. The molecule has 8 bridgehead atoms. The molecule has 8 aliphatic carbocycles. The van der Waals surface area contributed by atoms with Gasteiger partial charge in [-0.25, -0.2) is 9.13 Å². The largest absolute Gasteiger partial charge is 0.524 e. The number of fused-ring (bicyclic) bond motifs is 32. The van der Waals surface area contributed by atoms with Gasteiger partial charge >= 0.3 is 15.6 Å². The Kier molecular flexibility index (Phi) is 5.21. The predicted molar refractivity (Wildman–Crippen MR) is 191 cm³/mol. The van der Waals surface area contributed by atoms with Gasteiger partial charge in [-0.15, -0.1) is 0 Å². The van der Waals surface area contributed by atoms with Crippen LogP contribution in [0, 0.1) is 0 Å². The quantitative estimate of drug-likeness (QED) is 0.136. The second kappa shape index (κ2) is 9.19. The zero-order chi connectivity index (χ0) is 34.7. The van der Waals surface area contributed by atoms with Crippen LogP contribution in [-0.2, 0) is 9.13 Å². The number of benzene rings is 5. The van der Waals surface area contributed by atoms with Crippen LogP contribution in [0.15, 0.2) is 72.8 Å². The molecule has 0 heterocycles. The van der Waals surface area contributed by atoms with Gasteiger partial charge in [-0.2, -0.15) is 0 Å². The first-order valence-electron chi connectivity index (χ1n) is 18.3. The molecule has 5 aromatic carbocycles. The molecule has 4 unspecified atom stereocenters. The molecule has 0 aromatic heterocycles. The maximum absolute atomic E-state index is 12.8. The maximum Gasteiger partial charge on any atom is 0.524 e. The Morgan fingerprint density at radius 2 is 0.615 bits per heavy atom. The highest BCUT2D eigenvalue weighted by atomic mass is 31.2. The summed E-state index contributed by atoms with van der Waals surface area (Å²) in [5.74, 6) is 0.661. The van der Waals surface area contributed by atoms with E-state index in [1.165, 1.54) is 44.5 Å². The lowest BCUT2D eigenvalue weighted by Crippen LogP contribution is -2.16. The number of phosphoric acid groups is 2. The van der Waals surface area contributed by atoms with E-state index in [1.807, 2.05) is 0 Å². The molecule has 0 fully saturated rings. The minimum Gasteiger partial charge on any atom is -0.404 e. The normalized spacial score (nSPS) is 29.0. The third-order valence-electron chi connectivity index (χ3n) is 14.3. The molecule has 0 radical (unpaired) electrons. The lowest BCUT2D eigenvalue weighted by molar-refractivity contribution is 0.275. The van der Waals surface area contributed by atoms with Gasteiger partial charge in [-0.1, -0.05) is 72.8 Å². The number of hydrogen-bond acceptors (Lipinski definition) is 4. The molecule has 10 heteroatoms. The van der Waals surface area contributed by atoms with Crippen molar-refractivity contribution in [3.63, 3.8) is 0 Å². The van der Waals surface area contributed by atoms with Crippen molar-refractivity contribution in [2.24, 2.45) is 0 Å². The molecule has 0 saturated heterocycles. The maximum atomic E-state index is 12.8. The fraction of sp³-hybridized carbons (Fsp3) is 0.286. The summed E-state index contributed by atoms with van der Waals surface area (Å²) >= 11 is 0. The van der Waals surface area contributed by atoms with Crippen molar-refractivity contribution in [2.45, 2.75) is 73.0 Å². The highest BCUT2D eigenvalue weighted by molar-refractivity contribution is 7.47. The minimum absolute atomic E-state index is 0.187. The van der Waals surface area contributed by atoms with Crippen LogP contribution in [0.3, 0.4) is 0 Å². The summed E-state index contributed by atoms with van der Waals surface area (Å²) in [5.41, 5.74) is 17.7. The van der Waals surface area contributed by atoms with E-state index in [9.17, 15) is 28.7 Å². The van der Waals surface area contributed by atoms with Gasteiger partial charge in [0.2, 0.25) is 0 Å². The summed E-state index contributed by atoms with van der Waals surface area (Å²) < 4.78 is 37.3. The van der Waals surface area contributed by atoms with E-state index in [1.54, 1.807) is 0 Å². The summed E-state index contributed by atoms with van der Waals surface area (Å²) in [6.07, 6.45) is 3.33. The average molecular weight is 727 g/mol. The monoisotopic (exact) mass is 726 g/mol. The smallest absolute Gasteiger partial charge is 0.404 e. The van der Waals surface area contributed by atoms with Gasteiger partial charge in [0.1, 0.15) is 11.5 Å². The van der Waals surface area contributed by atoms with E-state index in [0.717, 1.165) is 35.1 Å². The number of phosphoric ester groups is 2. The van der Waals surface area contributed by atoms with Gasteiger partial charge < -0.3 is 9.05 Å². The van der Waals surface area contributed by atoms with Gasteiger partial charge in [-0.05, 0) is 92.4 Å². The Morgan fingerprint density at radius 3 is 0.865 bits per heavy atom. The SMILES string of the molecule is O=P(O)(O)Oc1c2c(c(OP(=O)(O)O)c3c1C1C[C@H]3c3cc4c(cc31)C1C[C@H]4c3ccccc31)[C@@H]1CC2c2cc3c(cc21)[C@@H]1CC3c2ccccc21. The van der Waals surface area contributed by atoms with E-state index < -0.39 is 15.6 Å². The summed E-state index contributed by atoms with van der Waals surface area (Å²) in [6.45, 7) is 0. The van der Waals surface area contributed by atoms with Gasteiger partial charge in [0.05, 0.1) is 0 Å². The van der Waals surface area contributed by atoms with Crippen LogP contribution in [0.4, 0.5) is 0 Å². The van der Waals surface area contributed by atoms with Gasteiger partial charge in [0.15, 0.2) is 0 Å². The minimum atomic E-state index is -5.03. The first-order valence-corrected chi connectivity index (χ1v) is 21.3. The molecule has 13 rings (SSSR count). The van der Waals surface area contributed by atoms with Crippen molar-refractivity contribution in [2.75, 3.05) is 0 Å². The molecular formula is C42H32O8P2. The van der Waals surface area contributed by atoms with Gasteiger partial charge in [-0.3, -0.25) is 19.6 Å².